The van der Waals surface area contributed by atoms with Gasteiger partial charge in [-0.1, -0.05) is 23.4 Å². The maximum atomic E-state index is 13.0. The number of aryl methyl sites for hydroxylation is 1. The number of fused-ring (bicyclic) bond motifs is 1. The highest BCUT2D eigenvalue weighted by atomic mass is 32.2. The van der Waals surface area contributed by atoms with Gasteiger partial charge in [0.05, 0.1) is 11.3 Å². The minimum Gasteiger partial charge on any atom is -0.368 e. The van der Waals surface area contributed by atoms with E-state index in [9.17, 15) is 22.8 Å². The fourth-order valence-corrected chi connectivity index (χ4v) is 3.14. The normalized spacial score (nSPS) is 15.3. The third kappa shape index (κ3) is 3.68. The molecule has 1 fully saturated rings. The molecule has 0 atom stereocenters. The number of hydrogen-bond donors (Lipinski definition) is 1. The molecule has 0 spiro atoms. The molecule has 1 aliphatic heterocycles. The monoisotopic (exact) mass is 370 g/mol. The number of carbonyl (C=O) groups excluding carboxylic acids is 2. The molecule has 2 aromatic rings. The highest BCUT2D eigenvalue weighted by molar-refractivity contribution is 8.14. The van der Waals surface area contributed by atoms with Crippen molar-refractivity contribution in [2.45, 2.75) is 13.1 Å². The Morgan fingerprint density at radius 1 is 1.28 bits per heavy atom. The van der Waals surface area contributed by atoms with Crippen molar-refractivity contribution in [2.75, 3.05) is 24.2 Å². The predicted octanol–water partition coefficient (Wildman–Crippen LogP) is 3.06. The molecular weight excluding hydrogens is 357 g/mol. The first-order chi connectivity index (χ1) is 11.8. The lowest BCUT2D eigenvalue weighted by Crippen LogP contribution is -2.33. The van der Waals surface area contributed by atoms with Crippen LogP contribution in [0.15, 0.2) is 18.2 Å². The number of benzene rings is 1. The fourth-order valence-electron chi connectivity index (χ4n) is 2.39. The van der Waals surface area contributed by atoms with Crippen LogP contribution in [-0.4, -0.2) is 44.9 Å². The van der Waals surface area contributed by atoms with Crippen LogP contribution < -0.4 is 5.32 Å². The first-order valence-electron chi connectivity index (χ1n) is 7.32. The Hall–Kier alpha value is -2.36. The van der Waals surface area contributed by atoms with Gasteiger partial charge < -0.3 is 5.32 Å². The zero-order valence-electron chi connectivity index (χ0n) is 13.1. The number of alkyl halides is 3. The molecule has 0 saturated carbocycles. The Balaban J connectivity index is 1.87. The molecule has 1 N–H and O–H groups in total. The Labute approximate surface area is 144 Å². The summed E-state index contributed by atoms with van der Waals surface area (Å²) in [5, 5.41) is 2.88. The lowest BCUT2D eigenvalue weighted by molar-refractivity contribution is -0.144. The van der Waals surface area contributed by atoms with Crippen molar-refractivity contribution in [1.82, 2.24) is 14.9 Å². The molecule has 2 amide bonds. The second-order valence-corrected chi connectivity index (χ2v) is 6.37. The van der Waals surface area contributed by atoms with Crippen LogP contribution >= 0.6 is 11.8 Å². The van der Waals surface area contributed by atoms with E-state index in [2.05, 4.69) is 15.3 Å². The second kappa shape index (κ2) is 6.51. The summed E-state index contributed by atoms with van der Waals surface area (Å²) in [6, 6.07) is 4.84. The molecule has 132 valence electrons. The van der Waals surface area contributed by atoms with Gasteiger partial charge in [-0.2, -0.15) is 13.2 Å². The maximum absolute atomic E-state index is 13.0. The van der Waals surface area contributed by atoms with Crippen LogP contribution in [0.25, 0.3) is 10.9 Å². The third-order valence-corrected chi connectivity index (χ3v) is 4.43. The van der Waals surface area contributed by atoms with Crippen molar-refractivity contribution in [1.29, 1.82) is 0 Å². The molecule has 1 aliphatic rings. The SMILES string of the molecule is Cc1ccc2nc(C(F)(F)F)nc(NCCN3C(=O)CSC3=O)c2c1. The molecule has 0 bridgehead atoms. The fraction of sp³-hybridized carbons (Fsp3) is 0.333. The van der Waals surface area contributed by atoms with Crippen molar-refractivity contribution < 1.29 is 22.8 Å². The summed E-state index contributed by atoms with van der Waals surface area (Å²) < 4.78 is 39.0. The van der Waals surface area contributed by atoms with Crippen molar-refractivity contribution in [3.63, 3.8) is 0 Å². The summed E-state index contributed by atoms with van der Waals surface area (Å²) in [5.41, 5.74) is 1.01. The lowest BCUT2D eigenvalue weighted by Gasteiger charge is -2.15. The number of nitrogens with zero attached hydrogens (tertiary/aromatic N) is 3. The molecule has 0 radical (unpaired) electrons. The van der Waals surface area contributed by atoms with Crippen LogP contribution in [-0.2, 0) is 11.0 Å². The molecular formula is C15H13F3N4O2S. The van der Waals surface area contributed by atoms with E-state index in [1.807, 2.05) is 0 Å². The molecule has 10 heteroatoms. The first kappa shape index (κ1) is 17.5. The van der Waals surface area contributed by atoms with Crippen LogP contribution in [0, 0.1) is 6.92 Å². The standard InChI is InChI=1S/C15H13F3N4O2S/c1-8-2-3-10-9(6-8)12(21-13(20-10)15(16,17)18)19-4-5-22-11(23)7-25-14(22)24/h2-3,6H,4-5,7H2,1H3,(H,19,20,21). The molecule has 2 heterocycles. The van der Waals surface area contributed by atoms with E-state index >= 15 is 0 Å². The van der Waals surface area contributed by atoms with Crippen molar-refractivity contribution in [2.24, 2.45) is 0 Å². The Morgan fingerprint density at radius 2 is 2.04 bits per heavy atom. The Bertz CT molecular complexity index is 841. The zero-order valence-corrected chi connectivity index (χ0v) is 13.9. The number of anilines is 1. The van der Waals surface area contributed by atoms with E-state index in [0.717, 1.165) is 22.2 Å². The number of carbonyl (C=O) groups is 2. The van der Waals surface area contributed by atoms with Gasteiger partial charge in [-0.05, 0) is 19.1 Å². The third-order valence-electron chi connectivity index (χ3n) is 3.57. The molecule has 1 aromatic heterocycles. The number of halogens is 3. The largest absolute Gasteiger partial charge is 0.451 e. The van der Waals surface area contributed by atoms with Crippen LogP contribution in [0.5, 0.6) is 0 Å². The smallest absolute Gasteiger partial charge is 0.368 e. The van der Waals surface area contributed by atoms with Gasteiger partial charge >= 0.3 is 6.18 Å². The summed E-state index contributed by atoms with van der Waals surface area (Å²) in [6.07, 6.45) is -4.67. The number of imide groups is 1. The van der Waals surface area contributed by atoms with E-state index in [1.165, 1.54) is 6.07 Å². The van der Waals surface area contributed by atoms with E-state index < -0.39 is 12.0 Å². The van der Waals surface area contributed by atoms with Crippen LogP contribution in [0.4, 0.5) is 23.8 Å². The van der Waals surface area contributed by atoms with Gasteiger partial charge in [0.2, 0.25) is 11.7 Å². The number of amides is 2. The Morgan fingerprint density at radius 3 is 2.68 bits per heavy atom. The number of aromatic nitrogens is 2. The van der Waals surface area contributed by atoms with E-state index in [0.29, 0.717) is 5.39 Å². The van der Waals surface area contributed by atoms with Crippen LogP contribution in [0.2, 0.25) is 0 Å². The minimum absolute atomic E-state index is 0.0211. The summed E-state index contributed by atoms with van der Waals surface area (Å²) in [7, 11) is 0. The van der Waals surface area contributed by atoms with Gasteiger partial charge in [0.25, 0.3) is 5.24 Å². The lowest BCUT2D eigenvalue weighted by atomic mass is 10.1. The van der Waals surface area contributed by atoms with E-state index in [4.69, 9.17) is 0 Å². The number of hydrogen-bond acceptors (Lipinski definition) is 6. The van der Waals surface area contributed by atoms with Crippen molar-refractivity contribution in [3.05, 3.63) is 29.6 Å². The zero-order chi connectivity index (χ0) is 18.2. The van der Waals surface area contributed by atoms with E-state index in [1.54, 1.807) is 19.1 Å². The molecule has 0 aliphatic carbocycles. The molecule has 0 unspecified atom stereocenters. The summed E-state index contributed by atoms with van der Waals surface area (Å²) in [4.78, 5) is 31.3. The van der Waals surface area contributed by atoms with Gasteiger partial charge in [0, 0.05) is 18.5 Å². The minimum atomic E-state index is -4.67. The number of nitrogens with one attached hydrogen (secondary N) is 1. The first-order valence-corrected chi connectivity index (χ1v) is 8.31. The number of rotatable bonds is 4. The number of thioether (sulfide) groups is 1. The van der Waals surface area contributed by atoms with Gasteiger partial charge in [0.1, 0.15) is 5.82 Å². The summed E-state index contributed by atoms with van der Waals surface area (Å²) in [6.45, 7) is 1.96. The summed E-state index contributed by atoms with van der Waals surface area (Å²) in [5.74, 6) is -1.44. The molecule has 3 rings (SSSR count). The predicted molar refractivity (Wildman–Crippen MR) is 87.3 cm³/mol. The highest BCUT2D eigenvalue weighted by Gasteiger charge is 2.35. The molecule has 6 nitrogen and oxygen atoms in total. The highest BCUT2D eigenvalue weighted by Crippen LogP contribution is 2.30. The maximum Gasteiger partial charge on any atom is 0.451 e. The topological polar surface area (TPSA) is 75.2 Å². The van der Waals surface area contributed by atoms with Crippen LogP contribution in [0.3, 0.4) is 0 Å². The average Bonchev–Trinajstić information content (AvgIpc) is 2.85. The van der Waals surface area contributed by atoms with Crippen molar-refractivity contribution in [3.8, 4) is 0 Å². The van der Waals surface area contributed by atoms with Crippen LogP contribution in [0.1, 0.15) is 11.4 Å². The van der Waals surface area contributed by atoms with Crippen molar-refractivity contribution >= 4 is 39.6 Å². The average molecular weight is 370 g/mol. The summed E-state index contributed by atoms with van der Waals surface area (Å²) >= 11 is 0.905. The van der Waals surface area contributed by atoms with E-state index in [-0.39, 0.29) is 41.3 Å². The second-order valence-electron chi connectivity index (χ2n) is 5.44. The molecule has 1 saturated heterocycles. The van der Waals surface area contributed by atoms with Gasteiger partial charge in [-0.3, -0.25) is 14.5 Å². The Kier molecular flexibility index (Phi) is 4.55. The molecule has 25 heavy (non-hydrogen) atoms. The molecule has 1 aromatic carbocycles. The quantitative estimate of drug-likeness (QED) is 0.892. The van der Waals surface area contributed by atoms with Gasteiger partial charge in [0.15, 0.2) is 0 Å². The van der Waals surface area contributed by atoms with Gasteiger partial charge in [-0.15, -0.1) is 0 Å². The van der Waals surface area contributed by atoms with Gasteiger partial charge in [-0.25, -0.2) is 9.97 Å².